The van der Waals surface area contributed by atoms with Gasteiger partial charge in [-0.25, -0.2) is 0 Å². The molecular formula is C19H22INO5S. The van der Waals surface area contributed by atoms with Gasteiger partial charge >= 0.3 is 168 Å². The van der Waals surface area contributed by atoms with Crippen molar-refractivity contribution >= 4 is 36.3 Å². The van der Waals surface area contributed by atoms with Crippen molar-refractivity contribution in [3.8, 4) is 0 Å². The fraction of sp³-hybridized carbons (Fsp3) is 0.211. The second-order valence-electron chi connectivity index (χ2n) is 5.59. The summed E-state index contributed by atoms with van der Waals surface area (Å²) in [5.41, 5.74) is 7.05. The number of aryl methyl sites for hydroxylation is 1. The van der Waals surface area contributed by atoms with Gasteiger partial charge in [0.25, 0.3) is 0 Å². The van der Waals surface area contributed by atoms with Crippen LogP contribution in [0.2, 0.25) is 0 Å². The molecule has 0 radical (unpaired) electrons. The van der Waals surface area contributed by atoms with Gasteiger partial charge in [-0.3, -0.25) is 0 Å². The first-order valence-electron chi connectivity index (χ1n) is 8.16. The van der Waals surface area contributed by atoms with E-state index < -0.39 is 36.3 Å². The molecule has 2 rings (SSSR count). The Morgan fingerprint density at radius 1 is 1.07 bits per heavy atom. The Kier molecular flexibility index (Phi) is 7.40. The third-order valence-electron chi connectivity index (χ3n) is 3.36. The van der Waals surface area contributed by atoms with Crippen LogP contribution < -0.4 is 5.73 Å². The van der Waals surface area contributed by atoms with Crippen LogP contribution in [0, 0.1) is 10.5 Å². The molecule has 0 amide bonds. The van der Waals surface area contributed by atoms with Crippen LogP contribution in [-0.2, 0) is 22.2 Å². The molecule has 0 atom stereocenters. The van der Waals surface area contributed by atoms with Crippen molar-refractivity contribution in [2.75, 3.05) is 6.61 Å². The molecule has 0 aromatic heterocycles. The topological polar surface area (TPSA) is 95.7 Å². The van der Waals surface area contributed by atoms with Crippen molar-refractivity contribution in [3.63, 3.8) is 0 Å². The van der Waals surface area contributed by atoms with E-state index in [1.165, 1.54) is 12.1 Å². The maximum absolute atomic E-state index is 12.8. The molecule has 2 aromatic rings. The molecule has 8 heteroatoms. The normalized spacial score (nSPS) is 12.9. The predicted molar refractivity (Wildman–Crippen MR) is 112 cm³/mol. The molecule has 2 N–H and O–H groups in total. The molecule has 2 aromatic carbocycles. The maximum atomic E-state index is 12.8. The molecule has 0 spiro atoms. The van der Waals surface area contributed by atoms with Crippen molar-refractivity contribution in [2.24, 2.45) is 5.73 Å². The summed E-state index contributed by atoms with van der Waals surface area (Å²) in [4.78, 5) is 12.5. The third-order valence-corrected chi connectivity index (χ3v) is 11.1. The van der Waals surface area contributed by atoms with Crippen molar-refractivity contribution in [1.29, 1.82) is 0 Å². The molecule has 0 aliphatic heterocycles. The second kappa shape index (κ2) is 9.34. The Morgan fingerprint density at radius 2 is 1.67 bits per heavy atom. The summed E-state index contributed by atoms with van der Waals surface area (Å²) in [5.74, 6) is -0.648. The minimum atomic E-state index is -4.08. The minimum absolute atomic E-state index is 0.0317. The Hall–Kier alpha value is -1.91. The van der Waals surface area contributed by atoms with Crippen molar-refractivity contribution < 1.29 is 20.5 Å². The monoisotopic (exact) mass is 503 g/mol. The van der Waals surface area contributed by atoms with Gasteiger partial charge in [0.1, 0.15) is 0 Å². The Morgan fingerprint density at radius 3 is 2.19 bits per heavy atom. The van der Waals surface area contributed by atoms with E-state index in [1.54, 1.807) is 56.3 Å². The number of esters is 1. The Labute approximate surface area is 167 Å². The number of hydrogen-bond acceptors (Lipinski definition) is 6. The number of carbonyl (C=O) groups is 1. The number of nitrogens with two attached hydrogens (primary N) is 1. The van der Waals surface area contributed by atoms with Crippen LogP contribution >= 0.6 is 20.2 Å². The van der Waals surface area contributed by atoms with Gasteiger partial charge in [0.15, 0.2) is 0 Å². The molecule has 6 nitrogen and oxygen atoms in total. The first kappa shape index (κ1) is 21.4. The summed E-state index contributed by atoms with van der Waals surface area (Å²) < 4.78 is 37.1. The average Bonchev–Trinajstić information content (AvgIpc) is 2.62. The fourth-order valence-electron chi connectivity index (χ4n) is 2.09. The summed E-state index contributed by atoms with van der Waals surface area (Å²) >= 11 is -3.19. The van der Waals surface area contributed by atoms with E-state index >= 15 is 0 Å². The first-order chi connectivity index (χ1) is 12.8. The van der Waals surface area contributed by atoms with Gasteiger partial charge in [0, 0.05) is 0 Å². The SMILES string of the molecule is CCOC(=O)/C(=C(/C)N)I(OS(=O)(=O)c1ccc(C)cc1)c1ccccc1. The first-order valence-corrected chi connectivity index (χ1v) is 12.6. The standard InChI is InChI=1S/C19H22INO5S/c1-4-25-19(22)18(15(3)21)20(16-8-6-5-7-9-16)26-27(23,24)17-12-10-14(2)11-13-17/h5-13H,4,21H2,1-3H3/b18-15+. The van der Waals surface area contributed by atoms with E-state index in [2.05, 4.69) is 0 Å². The van der Waals surface area contributed by atoms with E-state index in [0.717, 1.165) is 5.56 Å². The van der Waals surface area contributed by atoms with Gasteiger partial charge in [0.2, 0.25) is 0 Å². The summed E-state index contributed by atoms with van der Waals surface area (Å²) in [6, 6.07) is 15.1. The van der Waals surface area contributed by atoms with Gasteiger partial charge < -0.3 is 0 Å². The zero-order valence-corrected chi connectivity index (χ0v) is 18.3. The molecule has 0 saturated carbocycles. The fourth-order valence-corrected chi connectivity index (χ4v) is 9.16. The van der Waals surface area contributed by atoms with Crippen LogP contribution in [0.3, 0.4) is 0 Å². The van der Waals surface area contributed by atoms with Crippen LogP contribution in [-0.4, -0.2) is 21.0 Å². The van der Waals surface area contributed by atoms with Gasteiger partial charge in [-0.2, -0.15) is 0 Å². The number of carbonyl (C=O) groups excluding carboxylic acids is 1. The summed E-state index contributed by atoms with van der Waals surface area (Å²) in [6.45, 7) is 5.23. The number of halogens is 1. The van der Waals surface area contributed by atoms with Crippen LogP contribution in [0.15, 0.2) is 68.8 Å². The van der Waals surface area contributed by atoms with Crippen molar-refractivity contribution in [2.45, 2.75) is 25.7 Å². The molecular weight excluding hydrogens is 481 g/mol. The van der Waals surface area contributed by atoms with E-state index in [1.807, 2.05) is 6.92 Å². The molecule has 0 unspecified atom stereocenters. The van der Waals surface area contributed by atoms with E-state index in [-0.39, 0.29) is 20.8 Å². The van der Waals surface area contributed by atoms with Gasteiger partial charge in [0.05, 0.1) is 0 Å². The van der Waals surface area contributed by atoms with Gasteiger partial charge in [-0.1, -0.05) is 0 Å². The summed E-state index contributed by atoms with van der Waals surface area (Å²) in [6.07, 6.45) is 0. The quantitative estimate of drug-likeness (QED) is 0.352. The molecule has 27 heavy (non-hydrogen) atoms. The summed E-state index contributed by atoms with van der Waals surface area (Å²) in [5, 5.41) is 0. The molecule has 0 aliphatic rings. The molecule has 146 valence electrons. The average molecular weight is 503 g/mol. The van der Waals surface area contributed by atoms with Crippen molar-refractivity contribution in [3.05, 3.63) is 73.0 Å². The molecule has 0 fully saturated rings. The van der Waals surface area contributed by atoms with Crippen LogP contribution in [0.4, 0.5) is 0 Å². The van der Waals surface area contributed by atoms with E-state index in [9.17, 15) is 13.2 Å². The number of allylic oxidation sites excluding steroid dienone is 1. The van der Waals surface area contributed by atoms with Crippen LogP contribution in [0.25, 0.3) is 0 Å². The summed E-state index contributed by atoms with van der Waals surface area (Å²) in [7, 11) is -4.08. The van der Waals surface area contributed by atoms with Crippen LogP contribution in [0.5, 0.6) is 0 Å². The van der Waals surface area contributed by atoms with E-state index in [4.69, 9.17) is 13.0 Å². The van der Waals surface area contributed by atoms with E-state index in [0.29, 0.717) is 3.57 Å². The molecule has 0 aliphatic carbocycles. The zero-order valence-electron chi connectivity index (χ0n) is 15.3. The van der Waals surface area contributed by atoms with Gasteiger partial charge in [-0.15, -0.1) is 0 Å². The predicted octanol–water partition coefficient (Wildman–Crippen LogP) is 3.74. The second-order valence-corrected chi connectivity index (χ2v) is 11.9. The number of rotatable bonds is 7. The Balaban J connectivity index is 2.52. The molecule has 0 heterocycles. The number of benzene rings is 2. The third kappa shape index (κ3) is 5.53. The number of hydrogen-bond donors (Lipinski definition) is 1. The molecule has 0 saturated heterocycles. The van der Waals surface area contributed by atoms with Crippen molar-refractivity contribution in [1.82, 2.24) is 0 Å². The molecule has 0 bridgehead atoms. The zero-order chi connectivity index (χ0) is 20.0. The number of ether oxygens (including phenoxy) is 1. The van der Waals surface area contributed by atoms with Gasteiger partial charge in [-0.05, 0) is 0 Å². The van der Waals surface area contributed by atoms with Crippen LogP contribution in [0.1, 0.15) is 19.4 Å². The Bertz CT molecular complexity index is 920.